The van der Waals surface area contributed by atoms with Crippen molar-refractivity contribution in [1.29, 1.82) is 0 Å². The van der Waals surface area contributed by atoms with Crippen LogP contribution in [0, 0.1) is 20.8 Å². The van der Waals surface area contributed by atoms with Gasteiger partial charge in [0.15, 0.2) is 0 Å². The molecule has 0 atom stereocenters. The molecule has 8 heteroatoms. The van der Waals surface area contributed by atoms with E-state index in [2.05, 4.69) is 0 Å². The van der Waals surface area contributed by atoms with Crippen LogP contribution in [0.2, 0.25) is 0 Å². The molecule has 0 aromatic heterocycles. The van der Waals surface area contributed by atoms with E-state index in [4.69, 9.17) is 25.5 Å². The minimum absolute atomic E-state index is 0.216. The van der Waals surface area contributed by atoms with Gasteiger partial charge in [-0.25, -0.2) is 0 Å². The highest BCUT2D eigenvalue weighted by Gasteiger charge is 2.01. The van der Waals surface area contributed by atoms with Gasteiger partial charge in [-0.15, -0.1) is 0 Å². The maximum atomic E-state index is 9.38. The van der Waals surface area contributed by atoms with Crippen molar-refractivity contribution in [2.45, 2.75) is 187 Å². The molecular formula is C83H124O8. The fourth-order valence-corrected chi connectivity index (χ4v) is 7.21. The van der Waals surface area contributed by atoms with Crippen LogP contribution in [0.3, 0.4) is 0 Å². The number of rotatable bonds is 0. The van der Waals surface area contributed by atoms with E-state index in [0.29, 0.717) is 23.0 Å². The summed E-state index contributed by atoms with van der Waals surface area (Å²) in [5.74, 6) is 2.31. The largest absolute Gasteiger partial charge is 0.508 e. The molecule has 0 saturated carbocycles. The molecule has 0 aliphatic carbocycles. The molecule has 0 unspecified atom stereocenters. The highest BCUT2D eigenvalue weighted by atomic mass is 16.3. The van der Waals surface area contributed by atoms with Gasteiger partial charge in [-0.3, -0.25) is 0 Å². The summed E-state index contributed by atoms with van der Waals surface area (Å²) in [6.45, 7) is 53.9. The summed E-state index contributed by atoms with van der Waals surface area (Å²) in [6.07, 6.45) is 0. The maximum absolute atomic E-state index is 9.38. The SMILES string of the molecule is CC.CC.CC.CC.CC.CC.CC.CC.CC.CC.CC.CC.Cc1cc(C)c(O)c(C)c1.Oc1ccc2c(O)cccc2c1.Oc1ccc2ccc(O)cc2c1.Oc1ccc2ccccc2c1.Oc1ccc2ccccc2c1.Oc1cccc2ccccc12. The zero-order chi connectivity index (χ0) is 71.9. The third kappa shape index (κ3) is 39.7. The minimum Gasteiger partial charge on any atom is -0.508 e. The van der Waals surface area contributed by atoms with Crippen LogP contribution in [0.5, 0.6) is 46.0 Å². The second-order valence-corrected chi connectivity index (χ2v) is 15.7. The van der Waals surface area contributed by atoms with Gasteiger partial charge >= 0.3 is 0 Å². The van der Waals surface area contributed by atoms with Crippen LogP contribution in [-0.2, 0) is 0 Å². The normalized spacial score (nSPS) is 8.30. The van der Waals surface area contributed by atoms with Crippen LogP contribution in [-0.4, -0.2) is 40.9 Å². The van der Waals surface area contributed by atoms with Crippen LogP contribution in [0.15, 0.2) is 212 Å². The van der Waals surface area contributed by atoms with Crippen molar-refractivity contribution in [2.24, 2.45) is 0 Å². The number of aromatic hydroxyl groups is 8. The van der Waals surface area contributed by atoms with Crippen LogP contribution in [0.25, 0.3) is 53.9 Å². The predicted octanol–water partition coefficient (Wildman–Crippen LogP) is 26.8. The lowest BCUT2D eigenvalue weighted by molar-refractivity contribution is 0.466. The molecule has 8 N–H and O–H groups in total. The van der Waals surface area contributed by atoms with Gasteiger partial charge in [-0.1, -0.05) is 305 Å². The predicted molar refractivity (Wildman–Crippen MR) is 410 cm³/mol. The number of phenolic OH excluding ortho intramolecular Hbond substituents is 8. The first-order valence-electron chi connectivity index (χ1n) is 33.4. The van der Waals surface area contributed by atoms with Crippen molar-refractivity contribution >= 4 is 53.9 Å². The second-order valence-electron chi connectivity index (χ2n) is 15.7. The Labute approximate surface area is 553 Å². The number of hydrogen-bond acceptors (Lipinski definition) is 8. The van der Waals surface area contributed by atoms with E-state index in [9.17, 15) is 15.3 Å². The molecule has 0 radical (unpaired) electrons. The van der Waals surface area contributed by atoms with Crippen LogP contribution in [0.4, 0.5) is 0 Å². The van der Waals surface area contributed by atoms with Crippen molar-refractivity contribution in [3.63, 3.8) is 0 Å². The Morgan fingerprint density at radius 2 is 0.418 bits per heavy atom. The number of phenols is 8. The van der Waals surface area contributed by atoms with Crippen molar-refractivity contribution in [2.75, 3.05) is 0 Å². The average molecular weight is 1250 g/mol. The van der Waals surface area contributed by atoms with E-state index in [1.54, 1.807) is 84.9 Å². The molecule has 11 rings (SSSR count). The molecule has 0 saturated heterocycles. The molecule has 0 amide bonds. The first kappa shape index (κ1) is 95.8. The zero-order valence-corrected chi connectivity index (χ0v) is 61.3. The van der Waals surface area contributed by atoms with Gasteiger partial charge in [0.1, 0.15) is 46.0 Å². The molecule has 0 bridgehead atoms. The summed E-state index contributed by atoms with van der Waals surface area (Å²) in [5, 5.41) is 83.7. The van der Waals surface area contributed by atoms with E-state index < -0.39 is 0 Å². The smallest absolute Gasteiger partial charge is 0.123 e. The molecule has 0 spiro atoms. The molecule has 0 fully saturated rings. The first-order chi connectivity index (χ1) is 44.2. The van der Waals surface area contributed by atoms with Crippen molar-refractivity contribution in [3.05, 3.63) is 229 Å². The Bertz CT molecular complexity index is 3240. The Hall–Kier alpha value is -8.88. The summed E-state index contributed by atoms with van der Waals surface area (Å²) in [6, 6.07) is 64.1. The number of aryl methyl sites for hydroxylation is 3. The first-order valence-corrected chi connectivity index (χ1v) is 33.4. The highest BCUT2D eigenvalue weighted by molar-refractivity contribution is 5.90. The topological polar surface area (TPSA) is 162 Å². The number of fused-ring (bicyclic) bond motifs is 5. The lowest BCUT2D eigenvalue weighted by atomic mass is 10.1. The molecule has 11 aromatic carbocycles. The van der Waals surface area contributed by atoms with Gasteiger partial charge in [0.2, 0.25) is 0 Å². The fourth-order valence-electron chi connectivity index (χ4n) is 7.21. The maximum Gasteiger partial charge on any atom is 0.123 e. The monoisotopic (exact) mass is 1250 g/mol. The second kappa shape index (κ2) is 65.6. The Balaban J connectivity index is -0.000000174. The van der Waals surface area contributed by atoms with Gasteiger partial charge in [0, 0.05) is 10.8 Å². The van der Waals surface area contributed by atoms with Crippen molar-refractivity contribution in [1.82, 2.24) is 0 Å². The summed E-state index contributed by atoms with van der Waals surface area (Å²) in [7, 11) is 0. The van der Waals surface area contributed by atoms with Gasteiger partial charge in [-0.2, -0.15) is 0 Å². The molecule has 91 heavy (non-hydrogen) atoms. The minimum atomic E-state index is 0.216. The average Bonchev–Trinajstić information content (AvgIpc) is 3.73. The third-order valence-electron chi connectivity index (χ3n) is 10.5. The van der Waals surface area contributed by atoms with Crippen LogP contribution in [0.1, 0.15) is 183 Å². The Kier molecular flexibility index (Phi) is 69.0. The van der Waals surface area contributed by atoms with E-state index in [0.717, 1.165) is 65.0 Å². The third-order valence-corrected chi connectivity index (χ3v) is 10.5. The number of benzene rings is 11. The molecular weight excluding hydrogens is 1120 g/mol. The molecule has 504 valence electrons. The summed E-state index contributed by atoms with van der Waals surface area (Å²) >= 11 is 0. The summed E-state index contributed by atoms with van der Waals surface area (Å²) < 4.78 is 0. The van der Waals surface area contributed by atoms with Crippen LogP contribution < -0.4 is 0 Å². The van der Waals surface area contributed by atoms with Gasteiger partial charge in [0.05, 0.1) is 0 Å². The fraction of sp³-hybridized carbons (Fsp3) is 0.325. The van der Waals surface area contributed by atoms with E-state index in [1.165, 1.54) is 5.56 Å². The highest BCUT2D eigenvalue weighted by Crippen LogP contribution is 2.28. The zero-order valence-electron chi connectivity index (χ0n) is 61.3. The van der Waals surface area contributed by atoms with E-state index in [-0.39, 0.29) is 23.0 Å². The Morgan fingerprint density at radius 1 is 0.187 bits per heavy atom. The lowest BCUT2D eigenvalue weighted by Gasteiger charge is -2.03. The molecule has 0 heterocycles. The summed E-state index contributed by atoms with van der Waals surface area (Å²) in [5.41, 5.74) is 3.11. The molecule has 11 aromatic rings. The molecule has 8 nitrogen and oxygen atoms in total. The number of hydrogen-bond donors (Lipinski definition) is 8. The van der Waals surface area contributed by atoms with E-state index in [1.807, 2.05) is 314 Å². The van der Waals surface area contributed by atoms with E-state index >= 15 is 0 Å². The van der Waals surface area contributed by atoms with Gasteiger partial charge in [0.25, 0.3) is 0 Å². The van der Waals surface area contributed by atoms with Gasteiger partial charge < -0.3 is 40.9 Å². The van der Waals surface area contributed by atoms with Crippen LogP contribution >= 0.6 is 0 Å². The van der Waals surface area contributed by atoms with Crippen molar-refractivity contribution in [3.8, 4) is 46.0 Å². The quantitative estimate of drug-likeness (QED) is 0.0744. The molecule has 0 aliphatic heterocycles. The van der Waals surface area contributed by atoms with Gasteiger partial charge in [-0.05, 0) is 154 Å². The Morgan fingerprint density at radius 3 is 0.747 bits per heavy atom. The lowest BCUT2D eigenvalue weighted by Crippen LogP contribution is -1.81. The standard InChI is InChI=1S/2C10H8O2.3C10H8O.C9H12O.12C2H6/c11-9-3-1-7-2-4-10(12)6-8(7)5-9;11-8-4-5-9-7(6-8)2-1-3-10(9)12;11-10-7-3-5-8-4-1-2-6-9(8)10;2*11-10-6-5-8-3-1-2-4-9(8)7-10;1-6-4-7(2)9(10)8(3)5-6;12*1-2/h2*1-6,11-12H;3*1-7,11H;4-5,10H,1-3H3;12*1-2H3. The van der Waals surface area contributed by atoms with Crippen molar-refractivity contribution < 1.29 is 40.9 Å². The molecule has 0 aliphatic rings. The summed E-state index contributed by atoms with van der Waals surface area (Å²) in [4.78, 5) is 0.